The number of hydrogen-bond donors (Lipinski definition) is 2. The van der Waals surface area contributed by atoms with Crippen LogP contribution in [0, 0.1) is 0 Å². The van der Waals surface area contributed by atoms with Crippen molar-refractivity contribution in [3.63, 3.8) is 0 Å². The number of carbonyl (C=O) groups is 1. The highest BCUT2D eigenvalue weighted by molar-refractivity contribution is 8.04. The third-order valence-corrected chi connectivity index (χ3v) is 5.65. The molecule has 0 unspecified atom stereocenters. The number of nitrogens with zero attached hydrogens (tertiary/aromatic N) is 4. The minimum atomic E-state index is 0.0816. The van der Waals surface area contributed by atoms with Gasteiger partial charge in [-0.2, -0.15) is 0 Å². The predicted octanol–water partition coefficient (Wildman–Crippen LogP) is 1.69. The number of aromatic amines is 1. The summed E-state index contributed by atoms with van der Waals surface area (Å²) in [7, 11) is 0. The molecule has 8 heteroatoms. The van der Waals surface area contributed by atoms with Crippen molar-refractivity contribution in [2.24, 2.45) is 5.73 Å². The lowest BCUT2D eigenvalue weighted by molar-refractivity contribution is -0.126. The molecule has 0 aliphatic carbocycles. The Morgan fingerprint density at radius 3 is 3.16 bits per heavy atom. The maximum Gasteiger partial charge on any atom is 0.261 e. The largest absolute Gasteiger partial charge is 0.346 e. The highest BCUT2D eigenvalue weighted by Crippen LogP contribution is 2.30. The maximum absolute atomic E-state index is 13.0. The molecular formula is C17H22N6OS. The van der Waals surface area contributed by atoms with E-state index in [2.05, 4.69) is 19.9 Å². The summed E-state index contributed by atoms with van der Waals surface area (Å²) in [4.78, 5) is 29.5. The van der Waals surface area contributed by atoms with Crippen molar-refractivity contribution in [3.8, 4) is 0 Å². The van der Waals surface area contributed by atoms with Crippen molar-refractivity contribution in [1.82, 2.24) is 19.9 Å². The van der Waals surface area contributed by atoms with Crippen LogP contribution >= 0.6 is 11.8 Å². The number of nitrogens with one attached hydrogen (secondary N) is 1. The lowest BCUT2D eigenvalue weighted by Gasteiger charge is -2.29. The van der Waals surface area contributed by atoms with Gasteiger partial charge in [0, 0.05) is 43.8 Å². The summed E-state index contributed by atoms with van der Waals surface area (Å²) in [6, 6.07) is 2.05. The summed E-state index contributed by atoms with van der Waals surface area (Å²) in [5, 5.41) is 0.967. The third kappa shape index (κ3) is 3.36. The van der Waals surface area contributed by atoms with Crippen LogP contribution in [0.4, 0.5) is 5.82 Å². The van der Waals surface area contributed by atoms with E-state index < -0.39 is 0 Å². The standard InChI is InChI=1S/C17H22N6OS/c18-12-3-1-2-6-23(9-12)17(24)14-10-22(7-8-25-14)16-13-4-5-19-15(13)20-11-21-16/h4-5,10-12H,1-3,6-9,18H2,(H,19,20,21)/t12-/m0/s1. The zero-order valence-electron chi connectivity index (χ0n) is 14.0. The first-order chi connectivity index (χ1) is 12.2. The average Bonchev–Trinajstić information content (AvgIpc) is 3.02. The molecule has 1 saturated heterocycles. The zero-order chi connectivity index (χ0) is 17.2. The third-order valence-electron chi connectivity index (χ3n) is 4.67. The number of thioether (sulfide) groups is 1. The number of fused-ring (bicyclic) bond motifs is 1. The average molecular weight is 358 g/mol. The Labute approximate surface area is 150 Å². The van der Waals surface area contributed by atoms with Gasteiger partial charge in [-0.05, 0) is 18.9 Å². The molecule has 2 aliphatic rings. The molecule has 1 fully saturated rings. The molecule has 2 aromatic heterocycles. The molecule has 4 heterocycles. The summed E-state index contributed by atoms with van der Waals surface area (Å²) in [5.41, 5.74) is 6.92. The number of aromatic nitrogens is 3. The number of amides is 1. The van der Waals surface area contributed by atoms with Crippen LogP contribution in [0.1, 0.15) is 19.3 Å². The fraction of sp³-hybridized carbons (Fsp3) is 0.471. The smallest absolute Gasteiger partial charge is 0.261 e. The van der Waals surface area contributed by atoms with Crippen LogP contribution in [-0.4, -0.2) is 57.2 Å². The van der Waals surface area contributed by atoms with Gasteiger partial charge in [-0.3, -0.25) is 4.79 Å². The molecular weight excluding hydrogens is 336 g/mol. The van der Waals surface area contributed by atoms with Crippen molar-refractivity contribution in [3.05, 3.63) is 29.7 Å². The van der Waals surface area contributed by atoms with E-state index in [4.69, 9.17) is 5.73 Å². The van der Waals surface area contributed by atoms with Crippen molar-refractivity contribution in [2.75, 3.05) is 30.3 Å². The second-order valence-electron chi connectivity index (χ2n) is 6.48. The molecule has 0 spiro atoms. The maximum atomic E-state index is 13.0. The van der Waals surface area contributed by atoms with Crippen LogP contribution in [0.3, 0.4) is 0 Å². The first-order valence-corrected chi connectivity index (χ1v) is 9.65. The van der Waals surface area contributed by atoms with Crippen molar-refractivity contribution in [1.29, 1.82) is 0 Å². The Morgan fingerprint density at radius 2 is 2.24 bits per heavy atom. The van der Waals surface area contributed by atoms with Crippen LogP contribution in [0.15, 0.2) is 29.7 Å². The number of likely N-dealkylation sites (tertiary alicyclic amines) is 1. The molecule has 25 heavy (non-hydrogen) atoms. The Hall–Kier alpha value is -2.06. The Balaban J connectivity index is 1.60. The number of anilines is 1. The van der Waals surface area contributed by atoms with Crippen LogP contribution < -0.4 is 10.6 Å². The summed E-state index contributed by atoms with van der Waals surface area (Å²) in [5.74, 6) is 1.78. The van der Waals surface area contributed by atoms with Gasteiger partial charge in [0.05, 0.1) is 10.3 Å². The molecule has 2 aromatic rings. The Bertz CT molecular complexity index is 803. The summed E-state index contributed by atoms with van der Waals surface area (Å²) in [6.07, 6.45) is 8.46. The van der Waals surface area contributed by atoms with Crippen LogP contribution in [0.25, 0.3) is 11.0 Å². The monoisotopic (exact) mass is 358 g/mol. The minimum Gasteiger partial charge on any atom is -0.346 e. The molecule has 7 nitrogen and oxygen atoms in total. The molecule has 0 aromatic carbocycles. The normalized spacial score (nSPS) is 22.0. The topological polar surface area (TPSA) is 91.1 Å². The van der Waals surface area contributed by atoms with Gasteiger partial charge in [0.25, 0.3) is 5.91 Å². The van der Waals surface area contributed by atoms with E-state index in [0.29, 0.717) is 6.54 Å². The second kappa shape index (κ2) is 7.05. The fourth-order valence-electron chi connectivity index (χ4n) is 3.38. The van der Waals surface area contributed by atoms with E-state index in [-0.39, 0.29) is 11.9 Å². The van der Waals surface area contributed by atoms with Crippen LogP contribution in [0.2, 0.25) is 0 Å². The summed E-state index contributed by atoms with van der Waals surface area (Å²) in [6.45, 7) is 2.25. The van der Waals surface area contributed by atoms with Gasteiger partial charge < -0.3 is 20.5 Å². The van der Waals surface area contributed by atoms with Gasteiger partial charge in [0.15, 0.2) is 0 Å². The van der Waals surface area contributed by atoms with E-state index in [9.17, 15) is 4.79 Å². The van der Waals surface area contributed by atoms with E-state index in [1.165, 1.54) is 0 Å². The predicted molar refractivity (Wildman–Crippen MR) is 100 cm³/mol. The van der Waals surface area contributed by atoms with Crippen LogP contribution in [0.5, 0.6) is 0 Å². The molecule has 132 valence electrons. The van der Waals surface area contributed by atoms with Crippen molar-refractivity contribution in [2.45, 2.75) is 25.3 Å². The molecule has 2 aliphatic heterocycles. The summed E-state index contributed by atoms with van der Waals surface area (Å²) >= 11 is 1.62. The van der Waals surface area contributed by atoms with Gasteiger partial charge in [0.2, 0.25) is 0 Å². The number of H-pyrrole nitrogens is 1. The SMILES string of the molecule is N[C@H]1CCCCN(C(=O)C2=CN(c3ncnc4[nH]ccc34)CCS2)C1. The van der Waals surface area contributed by atoms with Gasteiger partial charge in [-0.1, -0.05) is 6.42 Å². The van der Waals surface area contributed by atoms with Crippen molar-refractivity contribution < 1.29 is 4.79 Å². The van der Waals surface area contributed by atoms with E-state index in [1.54, 1.807) is 18.1 Å². The van der Waals surface area contributed by atoms with Gasteiger partial charge in [0.1, 0.15) is 17.8 Å². The molecule has 0 radical (unpaired) electrons. The molecule has 1 amide bonds. The number of hydrogen-bond acceptors (Lipinski definition) is 6. The fourth-order valence-corrected chi connectivity index (χ4v) is 4.35. The molecule has 0 saturated carbocycles. The quantitative estimate of drug-likeness (QED) is 0.849. The molecule has 1 atom stereocenters. The number of carbonyl (C=O) groups excluding carboxylic acids is 1. The van der Waals surface area contributed by atoms with Gasteiger partial charge in [-0.25, -0.2) is 9.97 Å². The number of nitrogens with two attached hydrogens (primary N) is 1. The molecule has 0 bridgehead atoms. The minimum absolute atomic E-state index is 0.0816. The summed E-state index contributed by atoms with van der Waals surface area (Å²) < 4.78 is 0. The van der Waals surface area contributed by atoms with Gasteiger partial charge >= 0.3 is 0 Å². The Kier molecular flexibility index (Phi) is 4.63. The van der Waals surface area contributed by atoms with Crippen molar-refractivity contribution >= 4 is 34.5 Å². The van der Waals surface area contributed by atoms with Crippen LogP contribution in [-0.2, 0) is 4.79 Å². The first kappa shape index (κ1) is 16.4. The number of rotatable bonds is 2. The highest BCUT2D eigenvalue weighted by Gasteiger charge is 2.26. The van der Waals surface area contributed by atoms with Gasteiger partial charge in [-0.15, -0.1) is 11.8 Å². The first-order valence-electron chi connectivity index (χ1n) is 8.66. The molecule has 4 rings (SSSR count). The van der Waals surface area contributed by atoms with E-state index in [1.807, 2.05) is 23.4 Å². The van der Waals surface area contributed by atoms with E-state index >= 15 is 0 Å². The lowest BCUT2D eigenvalue weighted by atomic mass is 10.2. The lowest BCUT2D eigenvalue weighted by Crippen LogP contribution is -2.41. The Morgan fingerprint density at radius 1 is 1.32 bits per heavy atom. The molecule has 3 N–H and O–H groups in total. The van der Waals surface area contributed by atoms with E-state index in [0.717, 1.165) is 59.9 Å². The second-order valence-corrected chi connectivity index (χ2v) is 7.62. The highest BCUT2D eigenvalue weighted by atomic mass is 32.2. The zero-order valence-corrected chi connectivity index (χ0v) is 14.8.